The number of pyridine rings is 1. The summed E-state index contributed by atoms with van der Waals surface area (Å²) in [5.41, 5.74) is 1.76. The van der Waals surface area contributed by atoms with Crippen LogP contribution >= 0.6 is 0 Å². The third-order valence-corrected chi connectivity index (χ3v) is 3.05. The van der Waals surface area contributed by atoms with E-state index in [0.29, 0.717) is 22.3 Å². The first-order valence-corrected chi connectivity index (χ1v) is 6.37. The molecule has 0 saturated carbocycles. The second-order valence-electron chi connectivity index (χ2n) is 4.47. The zero-order valence-electron chi connectivity index (χ0n) is 12.1. The summed E-state index contributed by atoms with van der Waals surface area (Å²) >= 11 is 0. The van der Waals surface area contributed by atoms with Crippen LogP contribution in [0.15, 0.2) is 42.5 Å². The molecule has 0 amide bonds. The van der Waals surface area contributed by atoms with E-state index in [4.69, 9.17) is 0 Å². The summed E-state index contributed by atoms with van der Waals surface area (Å²) in [6.45, 7) is 5.48. The average Bonchev–Trinajstić information content (AvgIpc) is 2.80. The number of halogens is 2. The van der Waals surface area contributed by atoms with Crippen LogP contribution < -0.4 is 5.32 Å². The maximum atomic E-state index is 13.6. The highest BCUT2D eigenvalue weighted by atomic mass is 19.1. The van der Waals surface area contributed by atoms with Crippen LogP contribution in [-0.4, -0.2) is 21.8 Å². The lowest BCUT2D eigenvalue weighted by Crippen LogP contribution is -2.06. The number of nitrogens with zero attached hydrogens (tertiary/aromatic N) is 3. The zero-order valence-corrected chi connectivity index (χ0v) is 12.1. The molecule has 110 valence electrons. The Morgan fingerprint density at radius 2 is 2.19 bits per heavy atom. The number of hydrogen-bond donors (Lipinski definition) is 1. The van der Waals surface area contributed by atoms with Gasteiger partial charge in [0.2, 0.25) is 0 Å². The molecule has 0 atom stereocenters. The third-order valence-electron chi connectivity index (χ3n) is 3.05. The molecule has 0 saturated heterocycles. The largest absolute Gasteiger partial charge is 0.386 e. The number of likely N-dealkylation sites (N-methyl/N-ethyl adjacent to an activating group) is 1. The minimum Gasteiger partial charge on any atom is -0.386 e. The van der Waals surface area contributed by atoms with Crippen molar-refractivity contribution in [1.82, 2.24) is 20.1 Å². The Morgan fingerprint density at radius 1 is 1.48 bits per heavy atom. The Balaban J connectivity index is 2.54. The van der Waals surface area contributed by atoms with Crippen LogP contribution in [0.25, 0.3) is 16.6 Å². The predicted molar refractivity (Wildman–Crippen MR) is 79.5 cm³/mol. The number of nitrogens with one attached hydrogen (secondary N) is 1. The van der Waals surface area contributed by atoms with Crippen LogP contribution in [0.2, 0.25) is 0 Å². The number of aryl methyl sites for hydroxylation is 1. The topological polar surface area (TPSA) is 42.7 Å². The van der Waals surface area contributed by atoms with Gasteiger partial charge in [0.1, 0.15) is 17.3 Å². The van der Waals surface area contributed by atoms with Crippen molar-refractivity contribution < 1.29 is 8.78 Å². The maximum Gasteiger partial charge on any atom is 0.158 e. The monoisotopic (exact) mass is 290 g/mol. The smallest absolute Gasteiger partial charge is 0.158 e. The lowest BCUT2D eigenvalue weighted by atomic mass is 10.1. The number of fused-ring (bicyclic) bond motifs is 1. The summed E-state index contributed by atoms with van der Waals surface area (Å²) in [5.74, 6) is -0.856. The molecule has 4 nitrogen and oxygen atoms in total. The molecule has 2 aromatic rings. The Labute approximate surface area is 121 Å². The first-order chi connectivity index (χ1) is 9.97. The highest BCUT2D eigenvalue weighted by Crippen LogP contribution is 2.25. The number of rotatable bonds is 4. The minimum absolute atomic E-state index is 0.283. The van der Waals surface area contributed by atoms with Crippen LogP contribution in [0, 0.1) is 5.82 Å². The van der Waals surface area contributed by atoms with E-state index in [0.717, 1.165) is 6.20 Å². The van der Waals surface area contributed by atoms with Crippen molar-refractivity contribution in [3.63, 3.8) is 0 Å². The molecule has 21 heavy (non-hydrogen) atoms. The molecule has 0 spiro atoms. The Bertz CT molecular complexity index is 756. The van der Waals surface area contributed by atoms with E-state index in [1.807, 2.05) is 0 Å². The molecule has 0 fully saturated rings. The fraction of sp³-hybridized carbons (Fsp3) is 0.200. The molecule has 1 N–H and O–H groups in total. The van der Waals surface area contributed by atoms with Crippen molar-refractivity contribution >= 4 is 16.6 Å². The van der Waals surface area contributed by atoms with Gasteiger partial charge >= 0.3 is 0 Å². The van der Waals surface area contributed by atoms with Gasteiger partial charge in [-0.2, -0.15) is 5.10 Å². The zero-order chi connectivity index (χ0) is 15.6. The second-order valence-corrected chi connectivity index (χ2v) is 4.47. The van der Waals surface area contributed by atoms with Crippen molar-refractivity contribution in [3.05, 3.63) is 54.0 Å². The normalized spacial score (nSPS) is 12.8. The van der Waals surface area contributed by atoms with Crippen molar-refractivity contribution in [3.8, 4) is 0 Å². The van der Waals surface area contributed by atoms with Crippen LogP contribution in [0.5, 0.6) is 0 Å². The molecule has 2 heterocycles. The Morgan fingerprint density at radius 3 is 2.81 bits per heavy atom. The number of hydrogen-bond acceptors (Lipinski definition) is 3. The molecule has 0 bridgehead atoms. The Hall–Kier alpha value is -2.50. The minimum atomic E-state index is -0.456. The molecular formula is C15H16F2N4. The SMILES string of the molecule is C=C(/C=C(NC)\C(F)=C/C)c1nn(C)c2ncc(F)cc12. The van der Waals surface area contributed by atoms with Gasteiger partial charge in [0.05, 0.1) is 11.9 Å². The predicted octanol–water partition coefficient (Wildman–Crippen LogP) is 3.10. The highest BCUT2D eigenvalue weighted by Gasteiger charge is 2.13. The highest BCUT2D eigenvalue weighted by molar-refractivity contribution is 5.91. The first kappa shape index (κ1) is 14.9. The van der Waals surface area contributed by atoms with E-state index in [-0.39, 0.29) is 5.70 Å². The third kappa shape index (κ3) is 2.84. The van der Waals surface area contributed by atoms with Crippen LogP contribution in [-0.2, 0) is 7.05 Å². The molecule has 0 unspecified atom stereocenters. The molecular weight excluding hydrogens is 274 g/mol. The second kappa shape index (κ2) is 5.87. The standard InChI is InChI=1S/C15H16F2N4/c1-5-12(17)13(18-3)6-9(2)14-11-7-10(16)8-19-15(11)21(4)20-14/h5-8,18H,2H2,1,3-4H3/b12-5+,13-6+. The molecule has 2 aromatic heterocycles. The fourth-order valence-corrected chi connectivity index (χ4v) is 2.01. The van der Waals surface area contributed by atoms with Gasteiger partial charge < -0.3 is 5.32 Å². The Kier molecular flexibility index (Phi) is 4.16. The van der Waals surface area contributed by atoms with E-state index in [2.05, 4.69) is 22.0 Å². The molecule has 0 aliphatic carbocycles. The summed E-state index contributed by atoms with van der Waals surface area (Å²) in [5, 5.41) is 7.57. The molecule has 2 rings (SSSR count). The molecule has 0 radical (unpaired) electrons. The van der Waals surface area contributed by atoms with Gasteiger partial charge in [0.25, 0.3) is 0 Å². The molecule has 0 aliphatic rings. The van der Waals surface area contributed by atoms with Gasteiger partial charge in [-0.1, -0.05) is 6.58 Å². The van der Waals surface area contributed by atoms with E-state index in [1.54, 1.807) is 21.0 Å². The molecule has 0 aliphatic heterocycles. The lowest BCUT2D eigenvalue weighted by molar-refractivity contribution is 0.623. The van der Waals surface area contributed by atoms with Gasteiger partial charge in [-0.25, -0.2) is 18.4 Å². The summed E-state index contributed by atoms with van der Waals surface area (Å²) < 4.78 is 28.6. The van der Waals surface area contributed by atoms with Crippen molar-refractivity contribution in [2.75, 3.05) is 7.05 Å². The summed E-state index contributed by atoms with van der Waals surface area (Å²) in [6, 6.07) is 1.34. The number of allylic oxidation sites excluding steroid dienone is 4. The van der Waals surface area contributed by atoms with Gasteiger partial charge in [0, 0.05) is 19.5 Å². The quantitative estimate of drug-likeness (QED) is 0.880. The van der Waals surface area contributed by atoms with Crippen LogP contribution in [0.4, 0.5) is 8.78 Å². The van der Waals surface area contributed by atoms with Crippen LogP contribution in [0.1, 0.15) is 12.6 Å². The summed E-state index contributed by atoms with van der Waals surface area (Å²) in [7, 11) is 3.32. The average molecular weight is 290 g/mol. The molecule has 6 heteroatoms. The van der Waals surface area contributed by atoms with Crippen molar-refractivity contribution in [2.45, 2.75) is 6.92 Å². The first-order valence-electron chi connectivity index (χ1n) is 6.37. The van der Waals surface area contributed by atoms with E-state index in [1.165, 1.54) is 22.9 Å². The molecule has 0 aromatic carbocycles. The summed E-state index contributed by atoms with van der Waals surface area (Å²) in [6.07, 6.45) is 4.00. The fourth-order valence-electron chi connectivity index (χ4n) is 2.01. The van der Waals surface area contributed by atoms with Crippen molar-refractivity contribution in [2.24, 2.45) is 7.05 Å². The van der Waals surface area contributed by atoms with E-state index in [9.17, 15) is 8.78 Å². The lowest BCUT2D eigenvalue weighted by Gasteiger charge is -2.05. The van der Waals surface area contributed by atoms with Gasteiger partial charge in [0.15, 0.2) is 5.65 Å². The van der Waals surface area contributed by atoms with Gasteiger partial charge in [-0.05, 0) is 30.7 Å². The van der Waals surface area contributed by atoms with Gasteiger partial charge in [-0.3, -0.25) is 0 Å². The van der Waals surface area contributed by atoms with Crippen molar-refractivity contribution in [1.29, 1.82) is 0 Å². The van der Waals surface area contributed by atoms with E-state index < -0.39 is 11.6 Å². The van der Waals surface area contributed by atoms with Gasteiger partial charge in [-0.15, -0.1) is 0 Å². The van der Waals surface area contributed by atoms with E-state index >= 15 is 0 Å². The maximum absolute atomic E-state index is 13.6. The summed E-state index contributed by atoms with van der Waals surface area (Å²) in [4.78, 5) is 4.00. The number of aromatic nitrogens is 3. The van der Waals surface area contributed by atoms with Crippen LogP contribution in [0.3, 0.4) is 0 Å².